The van der Waals surface area contributed by atoms with Crippen LogP contribution in [0.2, 0.25) is 0 Å². The van der Waals surface area contributed by atoms with E-state index >= 15 is 0 Å². The van der Waals surface area contributed by atoms with Crippen LogP contribution in [0.3, 0.4) is 0 Å². The third-order valence-electron chi connectivity index (χ3n) is 3.75. The number of carboxylic acid groups (broad SMARTS) is 1. The van der Waals surface area contributed by atoms with Crippen molar-refractivity contribution in [3.05, 3.63) is 29.3 Å². The number of carbonyl (C=O) groups is 1. The molecule has 0 radical (unpaired) electrons. The molecule has 4 nitrogen and oxygen atoms in total. The van der Waals surface area contributed by atoms with Crippen molar-refractivity contribution in [2.24, 2.45) is 0 Å². The first kappa shape index (κ1) is 12.9. The second kappa shape index (κ2) is 4.98. The van der Waals surface area contributed by atoms with Crippen molar-refractivity contribution in [2.45, 2.75) is 19.9 Å². The summed E-state index contributed by atoms with van der Waals surface area (Å²) in [6, 6.07) is 5.62. The number of aliphatic carboxylic acids is 1. The van der Waals surface area contributed by atoms with Crippen LogP contribution in [0.25, 0.3) is 0 Å². The quantitative estimate of drug-likeness (QED) is 0.861. The van der Waals surface area contributed by atoms with Crippen LogP contribution in [0.1, 0.15) is 11.1 Å². The first-order chi connectivity index (χ1) is 8.50. The highest BCUT2D eigenvalue weighted by Gasteiger charge is 2.31. The van der Waals surface area contributed by atoms with E-state index < -0.39 is 12.0 Å². The first-order valence-corrected chi connectivity index (χ1v) is 6.25. The van der Waals surface area contributed by atoms with E-state index in [0.29, 0.717) is 6.54 Å². The van der Waals surface area contributed by atoms with Gasteiger partial charge in [-0.2, -0.15) is 0 Å². The van der Waals surface area contributed by atoms with Crippen LogP contribution in [0.15, 0.2) is 18.2 Å². The Morgan fingerprint density at radius 2 is 2.06 bits per heavy atom. The summed E-state index contributed by atoms with van der Waals surface area (Å²) < 4.78 is 0. The van der Waals surface area contributed by atoms with Gasteiger partial charge in [0.15, 0.2) is 0 Å². The van der Waals surface area contributed by atoms with Crippen LogP contribution in [0.4, 0.5) is 5.69 Å². The lowest BCUT2D eigenvalue weighted by Crippen LogP contribution is -2.55. The highest BCUT2D eigenvalue weighted by Crippen LogP contribution is 2.26. The van der Waals surface area contributed by atoms with Gasteiger partial charge in [-0.1, -0.05) is 12.1 Å². The highest BCUT2D eigenvalue weighted by atomic mass is 16.4. The minimum Gasteiger partial charge on any atom is -0.480 e. The Balaban J connectivity index is 2.35. The molecule has 0 aromatic heterocycles. The van der Waals surface area contributed by atoms with E-state index in [4.69, 9.17) is 0 Å². The summed E-state index contributed by atoms with van der Waals surface area (Å²) in [5.41, 5.74) is 3.43. The normalized spacial score (nSPS) is 21.1. The molecule has 0 spiro atoms. The molecule has 4 heteroatoms. The molecule has 1 saturated heterocycles. The largest absolute Gasteiger partial charge is 0.480 e. The van der Waals surface area contributed by atoms with Crippen molar-refractivity contribution in [3.8, 4) is 0 Å². The molecule has 0 saturated carbocycles. The second-order valence-electron chi connectivity index (χ2n) is 5.03. The molecule has 0 amide bonds. The van der Waals surface area contributed by atoms with E-state index in [1.54, 1.807) is 0 Å². The standard InChI is InChI=1S/C14H20N2O2/c1-10-5-4-6-12(11(10)2)16-8-7-15(3)9-13(16)14(17)18/h4-6,13H,7-9H2,1-3H3,(H,17,18). The zero-order valence-corrected chi connectivity index (χ0v) is 11.2. The Kier molecular flexibility index (Phi) is 3.57. The van der Waals surface area contributed by atoms with Gasteiger partial charge in [-0.25, -0.2) is 4.79 Å². The molecule has 1 heterocycles. The van der Waals surface area contributed by atoms with Gasteiger partial charge in [0.25, 0.3) is 0 Å². The van der Waals surface area contributed by atoms with E-state index in [1.165, 1.54) is 11.1 Å². The fraction of sp³-hybridized carbons (Fsp3) is 0.500. The molecule has 0 aliphatic carbocycles. The number of carboxylic acids is 1. The second-order valence-corrected chi connectivity index (χ2v) is 5.03. The fourth-order valence-corrected chi connectivity index (χ4v) is 2.47. The van der Waals surface area contributed by atoms with Gasteiger partial charge in [0, 0.05) is 25.3 Å². The van der Waals surface area contributed by atoms with Crippen molar-refractivity contribution < 1.29 is 9.90 Å². The molecule has 1 fully saturated rings. The number of aryl methyl sites for hydroxylation is 1. The van der Waals surface area contributed by atoms with Gasteiger partial charge in [0.2, 0.25) is 0 Å². The lowest BCUT2D eigenvalue weighted by molar-refractivity contribution is -0.139. The van der Waals surface area contributed by atoms with Crippen LogP contribution >= 0.6 is 0 Å². The van der Waals surface area contributed by atoms with E-state index in [1.807, 2.05) is 24.1 Å². The number of hydrogen-bond donors (Lipinski definition) is 1. The molecule has 2 rings (SSSR count). The third-order valence-corrected chi connectivity index (χ3v) is 3.75. The lowest BCUT2D eigenvalue weighted by atomic mass is 10.0. The van der Waals surface area contributed by atoms with Gasteiger partial charge in [-0.05, 0) is 38.1 Å². The zero-order valence-electron chi connectivity index (χ0n) is 11.2. The van der Waals surface area contributed by atoms with E-state index in [0.717, 1.165) is 18.8 Å². The Bertz CT molecular complexity index is 459. The van der Waals surface area contributed by atoms with Crippen LogP contribution in [0.5, 0.6) is 0 Å². The maximum atomic E-state index is 11.4. The molecule has 98 valence electrons. The smallest absolute Gasteiger partial charge is 0.327 e. The van der Waals surface area contributed by atoms with Gasteiger partial charge >= 0.3 is 5.97 Å². The Morgan fingerprint density at radius 1 is 1.33 bits per heavy atom. The summed E-state index contributed by atoms with van der Waals surface area (Å²) in [5, 5.41) is 9.38. The maximum Gasteiger partial charge on any atom is 0.327 e. The molecule has 1 unspecified atom stereocenters. The molecule has 1 aliphatic heterocycles. The molecule has 1 aromatic rings. The third kappa shape index (κ3) is 2.34. The van der Waals surface area contributed by atoms with Crippen molar-refractivity contribution in [1.82, 2.24) is 4.90 Å². The minimum atomic E-state index is -0.748. The summed E-state index contributed by atoms with van der Waals surface area (Å²) in [6.45, 7) is 6.35. The first-order valence-electron chi connectivity index (χ1n) is 6.25. The fourth-order valence-electron chi connectivity index (χ4n) is 2.47. The van der Waals surface area contributed by atoms with Crippen molar-refractivity contribution in [1.29, 1.82) is 0 Å². The highest BCUT2D eigenvalue weighted by molar-refractivity contribution is 5.79. The summed E-state index contributed by atoms with van der Waals surface area (Å²) >= 11 is 0. The van der Waals surface area contributed by atoms with Crippen LogP contribution in [0, 0.1) is 13.8 Å². The predicted octanol–water partition coefficient (Wildman–Crippen LogP) is 1.51. The van der Waals surface area contributed by atoms with Gasteiger partial charge in [-0.15, -0.1) is 0 Å². The van der Waals surface area contributed by atoms with Gasteiger partial charge in [-0.3, -0.25) is 0 Å². The number of rotatable bonds is 2. The summed E-state index contributed by atoms with van der Waals surface area (Å²) in [5.74, 6) is -0.748. The molecule has 1 aliphatic rings. The molecule has 0 bridgehead atoms. The minimum absolute atomic E-state index is 0.454. The summed E-state index contributed by atoms with van der Waals surface area (Å²) in [6.07, 6.45) is 0. The number of nitrogens with zero attached hydrogens (tertiary/aromatic N) is 2. The van der Waals surface area contributed by atoms with Crippen LogP contribution < -0.4 is 4.90 Å². The lowest BCUT2D eigenvalue weighted by Gasteiger charge is -2.40. The number of benzene rings is 1. The summed E-state index contributed by atoms with van der Waals surface area (Å²) in [4.78, 5) is 15.5. The molecular formula is C14H20N2O2. The topological polar surface area (TPSA) is 43.8 Å². The Hall–Kier alpha value is -1.55. The van der Waals surface area contributed by atoms with Crippen LogP contribution in [-0.2, 0) is 4.79 Å². The maximum absolute atomic E-state index is 11.4. The number of likely N-dealkylation sites (N-methyl/N-ethyl adjacent to an activating group) is 1. The molecule has 1 aromatic carbocycles. The number of hydrogen-bond acceptors (Lipinski definition) is 3. The molecule has 1 atom stereocenters. The Morgan fingerprint density at radius 3 is 2.72 bits per heavy atom. The average molecular weight is 248 g/mol. The van der Waals surface area contributed by atoms with Gasteiger partial charge in [0.05, 0.1) is 0 Å². The zero-order chi connectivity index (χ0) is 13.3. The van der Waals surface area contributed by atoms with Crippen molar-refractivity contribution >= 4 is 11.7 Å². The monoisotopic (exact) mass is 248 g/mol. The molecule has 18 heavy (non-hydrogen) atoms. The van der Waals surface area contributed by atoms with Gasteiger partial charge in [0.1, 0.15) is 6.04 Å². The average Bonchev–Trinajstić information content (AvgIpc) is 2.33. The van der Waals surface area contributed by atoms with Crippen molar-refractivity contribution in [2.75, 3.05) is 31.6 Å². The van der Waals surface area contributed by atoms with Crippen molar-refractivity contribution in [3.63, 3.8) is 0 Å². The molecule has 1 N–H and O–H groups in total. The van der Waals surface area contributed by atoms with E-state index in [9.17, 15) is 9.90 Å². The van der Waals surface area contributed by atoms with Gasteiger partial charge < -0.3 is 14.9 Å². The summed E-state index contributed by atoms with van der Waals surface area (Å²) in [7, 11) is 1.97. The number of anilines is 1. The Labute approximate surface area is 108 Å². The van der Waals surface area contributed by atoms with E-state index in [2.05, 4.69) is 24.8 Å². The SMILES string of the molecule is Cc1cccc(N2CCN(C)CC2C(=O)O)c1C. The van der Waals surface area contributed by atoms with Crippen LogP contribution in [-0.4, -0.2) is 48.7 Å². The van der Waals surface area contributed by atoms with E-state index in [-0.39, 0.29) is 0 Å². The number of piperazine rings is 1. The predicted molar refractivity (Wildman–Crippen MR) is 72.2 cm³/mol. The molecular weight excluding hydrogens is 228 g/mol.